The van der Waals surface area contributed by atoms with Crippen LogP contribution in [0, 0.1) is 0 Å². The first kappa shape index (κ1) is 52.3. The zero-order chi connectivity index (χ0) is 83.8. The molecule has 0 aliphatic carbocycles. The van der Waals surface area contributed by atoms with Crippen LogP contribution in [0.25, 0.3) is 88.4 Å². The Bertz CT molecular complexity index is 6790. The lowest BCUT2D eigenvalue weighted by Crippen LogP contribution is -2.65. The van der Waals surface area contributed by atoms with Crippen LogP contribution in [0.5, 0.6) is 0 Å². The first-order chi connectivity index (χ1) is 56.5. The minimum absolute atomic E-state index is 0.0339. The molecule has 5 heteroatoms. The van der Waals surface area contributed by atoms with E-state index in [1.165, 1.54) is 16.7 Å². The number of benzene rings is 14. The molecule has 514 valence electrons. The number of hydrogen-bond acceptors (Lipinski definition) is 2. The van der Waals surface area contributed by atoms with E-state index in [2.05, 4.69) is 298 Å². The predicted molar refractivity (Wildman–Crippen MR) is 452 cm³/mol. The highest BCUT2D eigenvalue weighted by Gasteiger charge is 2.56. The average molecular weight is 1380 g/mol. The smallest absolute Gasteiger partial charge is 0.247 e. The molecule has 1 spiro atoms. The molecule has 0 fully saturated rings. The molecule has 0 amide bonds. The fourth-order valence-electron chi connectivity index (χ4n) is 17.5. The van der Waals surface area contributed by atoms with Gasteiger partial charge in [0.15, 0.2) is 0 Å². The fraction of sp³-hybridized carbons (Fsp3) is 0.168. The van der Waals surface area contributed by atoms with Crippen LogP contribution < -0.4 is 26.2 Å². The van der Waals surface area contributed by atoms with Crippen molar-refractivity contribution in [1.29, 1.82) is 0 Å². The first-order valence-electron chi connectivity index (χ1n) is 43.4. The Morgan fingerprint density at radius 2 is 0.774 bits per heavy atom. The summed E-state index contributed by atoms with van der Waals surface area (Å²) in [6, 6.07) is 76.4. The van der Waals surface area contributed by atoms with Gasteiger partial charge in [-0.25, -0.2) is 0 Å². The summed E-state index contributed by atoms with van der Waals surface area (Å²) in [5.74, 6) is 0. The number of hydrogen-bond donors (Lipinski definition) is 0. The van der Waals surface area contributed by atoms with E-state index in [0.717, 1.165) is 122 Å². The maximum absolute atomic E-state index is 9.98. The molecule has 2 aromatic heterocycles. The van der Waals surface area contributed by atoms with Gasteiger partial charge in [0.2, 0.25) is 6.71 Å². The maximum atomic E-state index is 9.98. The molecule has 0 bridgehead atoms. The van der Waals surface area contributed by atoms with Crippen molar-refractivity contribution in [3.63, 3.8) is 0 Å². The molecule has 5 heterocycles. The van der Waals surface area contributed by atoms with E-state index in [1.807, 2.05) is 30.3 Å². The topological polar surface area (TPSA) is 16.3 Å². The van der Waals surface area contributed by atoms with Gasteiger partial charge >= 0.3 is 0 Å². The van der Waals surface area contributed by atoms with E-state index in [-0.39, 0.29) is 55.7 Å². The lowest BCUT2D eigenvalue weighted by Gasteiger charge is -2.52. The third kappa shape index (κ3) is 9.95. The van der Waals surface area contributed by atoms with Gasteiger partial charge in [-0.05, 0) is 196 Å². The Morgan fingerprint density at radius 1 is 0.292 bits per heavy atom. The van der Waals surface area contributed by atoms with Crippen LogP contribution in [0.15, 0.2) is 309 Å². The summed E-state index contributed by atoms with van der Waals surface area (Å²) in [5, 5.41) is 2.04. The first-order valence-corrected chi connectivity index (χ1v) is 36.9. The van der Waals surface area contributed by atoms with Crippen molar-refractivity contribution in [1.82, 2.24) is 9.13 Å². The van der Waals surface area contributed by atoms with E-state index >= 15 is 0 Å². The van der Waals surface area contributed by atoms with Gasteiger partial charge in [0.05, 0.1) is 62.4 Å². The molecule has 0 N–H and O–H groups in total. The quantitative estimate of drug-likeness (QED) is 0.148. The van der Waals surface area contributed by atoms with E-state index in [1.54, 1.807) is 4.57 Å². The van der Waals surface area contributed by atoms with Gasteiger partial charge in [-0.3, -0.25) is 0 Å². The Hall–Kier alpha value is -11.7. The van der Waals surface area contributed by atoms with E-state index in [9.17, 15) is 16.4 Å². The van der Waals surface area contributed by atoms with Gasteiger partial charge in [-0.1, -0.05) is 301 Å². The van der Waals surface area contributed by atoms with Gasteiger partial charge in [0.25, 0.3) is 0 Å². The van der Waals surface area contributed by atoms with Gasteiger partial charge < -0.3 is 18.9 Å². The molecule has 19 rings (SSSR count). The number of anilines is 6. The molecule has 16 aromatic rings. The monoisotopic (exact) mass is 1380 g/mol. The summed E-state index contributed by atoms with van der Waals surface area (Å²) in [6.45, 7) is 26.1. The molecular weight excluding hydrogens is 1280 g/mol. The summed E-state index contributed by atoms with van der Waals surface area (Å²) >= 11 is 0. The second-order valence-electron chi connectivity index (χ2n) is 33.1. The van der Waals surface area contributed by atoms with Crippen LogP contribution in [-0.4, -0.2) is 15.8 Å². The Kier molecular flexibility index (Phi) is 11.7. The van der Waals surface area contributed by atoms with E-state index in [0.29, 0.717) is 16.9 Å². The van der Waals surface area contributed by atoms with Crippen LogP contribution >= 0.6 is 0 Å². The van der Waals surface area contributed by atoms with Crippen LogP contribution in [0.4, 0.5) is 34.1 Å². The zero-order valence-corrected chi connectivity index (χ0v) is 61.8. The molecule has 0 saturated carbocycles. The van der Waals surface area contributed by atoms with Crippen molar-refractivity contribution >= 4 is 101 Å². The normalized spacial score (nSPS) is 15.6. The van der Waals surface area contributed by atoms with Crippen molar-refractivity contribution in [2.45, 2.75) is 110 Å². The second kappa shape index (κ2) is 23.7. The van der Waals surface area contributed by atoms with Gasteiger partial charge in [0.1, 0.15) is 0 Å². The van der Waals surface area contributed by atoms with Crippen molar-refractivity contribution in [3.05, 3.63) is 354 Å². The van der Waals surface area contributed by atoms with Crippen molar-refractivity contribution in [2.75, 3.05) is 9.80 Å². The SMILES string of the molecule is [2H]c1c([2H])c([2H])c(-c2ccc3c(c2)B2c4ccc(-n5c6c([2H])c([2H])c([2H])c([2H])c6c6c([2H])c([2H])c([2H])c([2H])c65)cc4N(c4c(-c5ccccc5)cc(C(C)(C)C)cc4-c4ccccc4)c4cc(-n5c6ccc(C(C)(C)C)cc6c6cc(C(C)(C)C)ccc65)cc(c42)C32c3ccccc3N(c3ccc(C(C)(C)C)cc3)c3ccccc32)c([2H])c1[2H]. The molecular formula is C101H87BN4. The number of para-hydroxylation sites is 4. The van der Waals surface area contributed by atoms with Crippen molar-refractivity contribution in [3.8, 4) is 44.8 Å². The minimum Gasteiger partial charge on any atom is -0.310 e. The minimum atomic E-state index is -1.30. The second-order valence-corrected chi connectivity index (χ2v) is 33.1. The number of nitrogens with zero attached hydrogens (tertiary/aromatic N) is 4. The standard InChI is InChI=1S/C101H87BN4/c1-97(2,3)68-45-49-72(50-46-68)103-91-42-28-24-38-82(91)101(83-39-25-29-43-92(83)103)81-52-44-67(64-30-16-13-17-31-64)56-86(81)102-85-53-51-73(104-87-40-26-22-36-75(87)76-37-23-27-41-88(76)104)62-93(85)106(96-77(65-32-18-14-19-33-65)59-71(100(10,11)12)60-78(96)66-34-20-15-21-35-66)94-63-74(61-84(101)95(94)102)105-89-54-47-69(98(4,5)6)57-79(89)80-58-70(99(7,8)9)48-55-90(80)105/h13-63H,1-12H3/i13D,16D,17D,22D,23D,26D,27D,30D,31D,36D,37D,40D,41D. The highest BCUT2D eigenvalue weighted by Crippen LogP contribution is 2.61. The van der Waals surface area contributed by atoms with Crippen LogP contribution in [0.1, 0.15) is 145 Å². The lowest BCUT2D eigenvalue weighted by atomic mass is 9.29. The molecule has 4 nitrogen and oxygen atoms in total. The predicted octanol–water partition coefficient (Wildman–Crippen LogP) is 24.9. The molecule has 0 unspecified atom stereocenters. The molecule has 106 heavy (non-hydrogen) atoms. The molecule has 0 radical (unpaired) electrons. The average Bonchev–Trinajstić information content (AvgIpc) is 1.29. The Morgan fingerprint density at radius 3 is 1.32 bits per heavy atom. The molecule has 3 aliphatic rings. The summed E-state index contributed by atoms with van der Waals surface area (Å²) in [6.07, 6.45) is 0. The van der Waals surface area contributed by atoms with E-state index < -0.39 is 84.0 Å². The van der Waals surface area contributed by atoms with Crippen molar-refractivity contribution in [2.24, 2.45) is 0 Å². The Balaban J connectivity index is 1.07. The maximum Gasteiger partial charge on any atom is 0.247 e. The number of aromatic nitrogens is 2. The van der Waals surface area contributed by atoms with Crippen LogP contribution in [0.3, 0.4) is 0 Å². The fourth-order valence-corrected chi connectivity index (χ4v) is 17.5. The van der Waals surface area contributed by atoms with Gasteiger partial charge in [0, 0.05) is 61.1 Å². The third-order valence-corrected chi connectivity index (χ3v) is 22.7. The largest absolute Gasteiger partial charge is 0.310 e. The summed E-state index contributed by atoms with van der Waals surface area (Å²) in [4.78, 5) is 4.78. The van der Waals surface area contributed by atoms with E-state index in [4.69, 9.17) is 1.37 Å². The molecule has 0 atom stereocenters. The van der Waals surface area contributed by atoms with Crippen LogP contribution in [0.2, 0.25) is 0 Å². The molecule has 3 aliphatic heterocycles. The summed E-state index contributed by atoms with van der Waals surface area (Å²) in [5.41, 5.74) is 20.4. The van der Waals surface area contributed by atoms with Gasteiger partial charge in [-0.2, -0.15) is 0 Å². The third-order valence-electron chi connectivity index (χ3n) is 22.7. The lowest BCUT2D eigenvalue weighted by molar-refractivity contribution is 0.590. The highest BCUT2D eigenvalue weighted by atomic mass is 15.2. The highest BCUT2D eigenvalue weighted by molar-refractivity contribution is 6.99. The molecule has 0 saturated heterocycles. The summed E-state index contributed by atoms with van der Waals surface area (Å²) < 4.78 is 128. The Labute approximate surface area is 642 Å². The number of rotatable bonds is 7. The van der Waals surface area contributed by atoms with Gasteiger partial charge in [-0.15, -0.1) is 0 Å². The zero-order valence-electron chi connectivity index (χ0n) is 74.8. The number of fused-ring (bicyclic) bond motifs is 16. The van der Waals surface area contributed by atoms with Crippen molar-refractivity contribution < 1.29 is 17.8 Å². The molecule has 14 aromatic carbocycles. The van der Waals surface area contributed by atoms with Crippen LogP contribution in [-0.2, 0) is 27.1 Å². The summed E-state index contributed by atoms with van der Waals surface area (Å²) in [7, 11) is 0.